The molecule has 4 aromatic rings. The van der Waals surface area contributed by atoms with E-state index in [1.54, 1.807) is 24.3 Å². The molecule has 0 aliphatic carbocycles. The fraction of sp³-hybridized carbons (Fsp3) is 0.107. The zero-order valence-electron chi connectivity index (χ0n) is 19.5. The lowest BCUT2D eigenvalue weighted by Gasteiger charge is -2.09. The van der Waals surface area contributed by atoms with Crippen molar-refractivity contribution in [2.24, 2.45) is 0 Å². The van der Waals surface area contributed by atoms with Crippen LogP contribution in [0.15, 0.2) is 97.2 Å². The van der Waals surface area contributed by atoms with Gasteiger partial charge in [0, 0.05) is 24.4 Å². The number of amides is 1. The van der Waals surface area contributed by atoms with Gasteiger partial charge in [0.05, 0.1) is 5.56 Å². The molecular formula is C28H23F3N2O4. The summed E-state index contributed by atoms with van der Waals surface area (Å²) in [7, 11) is 0. The van der Waals surface area contributed by atoms with Gasteiger partial charge in [0.1, 0.15) is 5.75 Å². The van der Waals surface area contributed by atoms with Crippen molar-refractivity contribution in [3.63, 3.8) is 0 Å². The smallest absolute Gasteiger partial charge is 0.417 e. The van der Waals surface area contributed by atoms with E-state index in [4.69, 9.17) is 14.6 Å². The van der Waals surface area contributed by atoms with E-state index in [0.717, 1.165) is 28.8 Å². The van der Waals surface area contributed by atoms with Crippen LogP contribution >= 0.6 is 0 Å². The highest BCUT2D eigenvalue weighted by molar-refractivity contribution is 5.94. The molecule has 4 rings (SSSR count). The molecule has 1 aromatic heterocycles. The first-order valence-electron chi connectivity index (χ1n) is 11.1. The number of carbonyl (C=O) groups is 2. The highest BCUT2D eigenvalue weighted by Crippen LogP contribution is 2.30. The number of ether oxygens (including phenoxy) is 1. The molecule has 0 spiro atoms. The third-order valence-electron chi connectivity index (χ3n) is 5.16. The molecule has 190 valence electrons. The van der Waals surface area contributed by atoms with Crippen LogP contribution < -0.4 is 10.1 Å². The number of carbonyl (C=O) groups excluding carboxylic acids is 1. The van der Waals surface area contributed by atoms with Gasteiger partial charge in [-0.05, 0) is 53.4 Å². The Balaban J connectivity index is 0.00000121. The summed E-state index contributed by atoms with van der Waals surface area (Å²) >= 11 is 0. The zero-order valence-corrected chi connectivity index (χ0v) is 19.5. The molecule has 37 heavy (non-hydrogen) atoms. The lowest BCUT2D eigenvalue weighted by Crippen LogP contribution is -2.25. The number of alkyl halides is 3. The van der Waals surface area contributed by atoms with Gasteiger partial charge in [-0.25, -0.2) is 4.98 Å². The summed E-state index contributed by atoms with van der Waals surface area (Å²) in [5, 5.41) is 9.77. The summed E-state index contributed by atoms with van der Waals surface area (Å²) in [6.45, 7) is 0.233. The van der Waals surface area contributed by atoms with Crippen molar-refractivity contribution in [2.75, 3.05) is 6.54 Å². The summed E-state index contributed by atoms with van der Waals surface area (Å²) in [4.78, 5) is 24.4. The van der Waals surface area contributed by atoms with Crippen LogP contribution in [0.1, 0.15) is 21.5 Å². The molecule has 3 aromatic carbocycles. The Hall–Kier alpha value is -4.66. The fourth-order valence-corrected chi connectivity index (χ4v) is 3.32. The first-order chi connectivity index (χ1) is 17.8. The van der Waals surface area contributed by atoms with Crippen molar-refractivity contribution < 1.29 is 32.6 Å². The summed E-state index contributed by atoms with van der Waals surface area (Å²) in [6.07, 6.45) is -3.04. The normalized spacial score (nSPS) is 10.6. The number of nitrogens with one attached hydrogen (secondary N) is 1. The quantitative estimate of drug-likeness (QED) is 0.289. The van der Waals surface area contributed by atoms with Crippen molar-refractivity contribution in [3.8, 4) is 22.8 Å². The first kappa shape index (κ1) is 26.9. The number of benzene rings is 3. The first-order valence-corrected chi connectivity index (χ1v) is 11.1. The number of pyridine rings is 1. The van der Waals surface area contributed by atoms with Crippen LogP contribution in [0.3, 0.4) is 0 Å². The van der Waals surface area contributed by atoms with E-state index in [1.165, 1.54) is 0 Å². The molecule has 9 heteroatoms. The summed E-state index contributed by atoms with van der Waals surface area (Å²) in [6, 6.07) is 26.7. The average Bonchev–Trinajstić information content (AvgIpc) is 2.90. The van der Waals surface area contributed by atoms with E-state index < -0.39 is 11.7 Å². The van der Waals surface area contributed by atoms with Gasteiger partial charge in [0.2, 0.25) is 5.88 Å². The Kier molecular flexibility index (Phi) is 9.37. The van der Waals surface area contributed by atoms with Gasteiger partial charge in [-0.15, -0.1) is 0 Å². The molecular weight excluding hydrogens is 485 g/mol. The van der Waals surface area contributed by atoms with Crippen LogP contribution in [-0.2, 0) is 17.4 Å². The average molecular weight is 508 g/mol. The van der Waals surface area contributed by atoms with Crippen LogP contribution in [-0.4, -0.2) is 29.0 Å². The molecule has 1 heterocycles. The third kappa shape index (κ3) is 8.21. The highest BCUT2D eigenvalue weighted by Gasteiger charge is 2.30. The van der Waals surface area contributed by atoms with Gasteiger partial charge in [0.15, 0.2) is 0 Å². The number of carboxylic acid groups (broad SMARTS) is 1. The molecule has 0 saturated carbocycles. The highest BCUT2D eigenvalue weighted by atomic mass is 19.4. The molecule has 0 bridgehead atoms. The molecule has 6 nitrogen and oxygen atoms in total. The fourth-order valence-electron chi connectivity index (χ4n) is 3.32. The standard InChI is InChI=1S/C27H21F3N2O2.CH2O2/c28-27(29,30)23-12-15-25(32-18-23)34-24-13-10-22(11-14-24)26(33)31-17-16-19-6-8-21(9-7-19)20-4-2-1-3-5-20;2-1-3/h1-15,18H,16-17H2,(H,31,33);1H,(H,2,3). The summed E-state index contributed by atoms with van der Waals surface area (Å²) < 4.78 is 43.3. The Morgan fingerprint density at radius 2 is 1.51 bits per heavy atom. The second-order valence-electron chi connectivity index (χ2n) is 7.68. The number of hydrogen-bond acceptors (Lipinski definition) is 4. The Morgan fingerprint density at radius 1 is 0.892 bits per heavy atom. The Labute approximate surface area is 211 Å². The van der Waals surface area contributed by atoms with Gasteiger partial charge in [0.25, 0.3) is 12.4 Å². The molecule has 1 amide bonds. The van der Waals surface area contributed by atoms with Crippen molar-refractivity contribution >= 4 is 12.4 Å². The predicted octanol–water partition coefficient (Wildman–Crippen LogP) is 6.23. The minimum atomic E-state index is -4.45. The van der Waals surface area contributed by atoms with E-state index in [0.29, 0.717) is 30.5 Å². The van der Waals surface area contributed by atoms with Crippen molar-refractivity contribution in [2.45, 2.75) is 12.6 Å². The van der Waals surface area contributed by atoms with Gasteiger partial charge < -0.3 is 15.2 Å². The predicted molar refractivity (Wildman–Crippen MR) is 132 cm³/mol. The number of aromatic nitrogens is 1. The second-order valence-corrected chi connectivity index (χ2v) is 7.68. The molecule has 0 atom stereocenters. The maximum absolute atomic E-state index is 12.6. The molecule has 0 aliphatic heterocycles. The van der Waals surface area contributed by atoms with Gasteiger partial charge >= 0.3 is 6.18 Å². The Morgan fingerprint density at radius 3 is 2.08 bits per heavy atom. The largest absolute Gasteiger partial charge is 0.483 e. The van der Waals surface area contributed by atoms with Crippen LogP contribution in [0, 0.1) is 0 Å². The van der Waals surface area contributed by atoms with E-state index in [1.807, 2.05) is 18.2 Å². The van der Waals surface area contributed by atoms with E-state index in [9.17, 15) is 18.0 Å². The minimum absolute atomic E-state index is 0.0310. The molecule has 0 saturated heterocycles. The molecule has 2 N–H and O–H groups in total. The topological polar surface area (TPSA) is 88.5 Å². The summed E-state index contributed by atoms with van der Waals surface area (Å²) in [5.74, 6) is 0.172. The maximum atomic E-state index is 12.6. The second kappa shape index (κ2) is 12.9. The molecule has 0 unspecified atom stereocenters. The van der Waals surface area contributed by atoms with Crippen LogP contribution in [0.5, 0.6) is 11.6 Å². The van der Waals surface area contributed by atoms with Gasteiger partial charge in [-0.2, -0.15) is 13.2 Å². The molecule has 0 aliphatic rings. The lowest BCUT2D eigenvalue weighted by molar-refractivity contribution is -0.137. The SMILES string of the molecule is O=C(NCCc1ccc(-c2ccccc2)cc1)c1ccc(Oc2ccc(C(F)(F)F)cn2)cc1.O=CO. The van der Waals surface area contributed by atoms with Crippen molar-refractivity contribution in [1.82, 2.24) is 10.3 Å². The maximum Gasteiger partial charge on any atom is 0.417 e. The summed E-state index contributed by atoms with van der Waals surface area (Å²) in [5.41, 5.74) is 3.02. The zero-order chi connectivity index (χ0) is 26.7. The number of halogens is 3. The van der Waals surface area contributed by atoms with E-state index in [-0.39, 0.29) is 18.3 Å². The monoisotopic (exact) mass is 508 g/mol. The van der Waals surface area contributed by atoms with Crippen LogP contribution in [0.4, 0.5) is 13.2 Å². The van der Waals surface area contributed by atoms with Crippen LogP contribution in [0.25, 0.3) is 11.1 Å². The van der Waals surface area contributed by atoms with E-state index in [2.05, 4.69) is 46.7 Å². The van der Waals surface area contributed by atoms with Crippen molar-refractivity contribution in [1.29, 1.82) is 0 Å². The third-order valence-corrected chi connectivity index (χ3v) is 5.16. The number of nitrogens with zero attached hydrogens (tertiary/aromatic N) is 1. The molecule has 0 fully saturated rings. The number of hydrogen-bond donors (Lipinski definition) is 2. The number of rotatable bonds is 7. The van der Waals surface area contributed by atoms with E-state index >= 15 is 0 Å². The minimum Gasteiger partial charge on any atom is -0.483 e. The lowest BCUT2D eigenvalue weighted by atomic mass is 10.0. The van der Waals surface area contributed by atoms with Crippen LogP contribution in [0.2, 0.25) is 0 Å². The van der Waals surface area contributed by atoms with Gasteiger partial charge in [-0.3, -0.25) is 9.59 Å². The van der Waals surface area contributed by atoms with Gasteiger partial charge in [-0.1, -0.05) is 54.6 Å². The van der Waals surface area contributed by atoms with Crippen molar-refractivity contribution in [3.05, 3.63) is 114 Å². The Bertz CT molecular complexity index is 1280. The molecule has 0 radical (unpaired) electrons.